The highest BCUT2D eigenvalue weighted by atomic mass is 16.6. The second kappa shape index (κ2) is 10.8. The van der Waals surface area contributed by atoms with Crippen molar-refractivity contribution in [1.82, 2.24) is 4.90 Å². The minimum absolute atomic E-state index is 0.00548. The van der Waals surface area contributed by atoms with Crippen LogP contribution in [0, 0.1) is 15.5 Å². The van der Waals surface area contributed by atoms with E-state index in [9.17, 15) is 24.5 Å². The first-order valence-corrected chi connectivity index (χ1v) is 13.1. The van der Waals surface area contributed by atoms with Crippen LogP contribution >= 0.6 is 0 Å². The number of hydrogen-bond donors (Lipinski definition) is 0. The Hall–Kier alpha value is -4.79. The molecule has 2 aliphatic rings. The summed E-state index contributed by atoms with van der Waals surface area (Å²) in [5, 5.41) is 11.4. The van der Waals surface area contributed by atoms with Crippen LogP contribution in [0.1, 0.15) is 52.9 Å². The van der Waals surface area contributed by atoms with Crippen LogP contribution in [0.3, 0.4) is 0 Å². The summed E-state index contributed by atoms with van der Waals surface area (Å²) in [5.74, 6) is -3.05. The number of nitro benzene ring substituents is 1. The maximum absolute atomic E-state index is 14.3. The summed E-state index contributed by atoms with van der Waals surface area (Å²) in [6.45, 7) is 3.28. The molecule has 3 atom stereocenters. The van der Waals surface area contributed by atoms with Crippen molar-refractivity contribution in [1.29, 1.82) is 0 Å². The van der Waals surface area contributed by atoms with Gasteiger partial charge in [0, 0.05) is 29.8 Å². The van der Waals surface area contributed by atoms with Gasteiger partial charge in [0.25, 0.3) is 5.69 Å². The molecule has 0 amide bonds. The molecule has 0 saturated carbocycles. The zero-order valence-corrected chi connectivity index (χ0v) is 22.1. The molecule has 0 N–H and O–H groups in total. The molecule has 3 aromatic rings. The van der Waals surface area contributed by atoms with E-state index in [1.165, 1.54) is 24.3 Å². The molecule has 0 aliphatic carbocycles. The van der Waals surface area contributed by atoms with Crippen LogP contribution in [-0.2, 0) is 19.1 Å². The number of rotatable bonds is 8. The molecule has 0 aromatic heterocycles. The van der Waals surface area contributed by atoms with E-state index in [2.05, 4.69) is 0 Å². The van der Waals surface area contributed by atoms with Gasteiger partial charge in [-0.3, -0.25) is 24.5 Å². The summed E-state index contributed by atoms with van der Waals surface area (Å²) in [6, 6.07) is 19.6. The number of hydrogen-bond acceptors (Lipinski definition) is 8. The Morgan fingerprint density at radius 3 is 2.08 bits per heavy atom. The number of non-ortho nitro benzene ring substituents is 1. The van der Waals surface area contributed by atoms with Gasteiger partial charge in [0.1, 0.15) is 6.04 Å². The van der Waals surface area contributed by atoms with Gasteiger partial charge in [-0.25, -0.2) is 0 Å². The zero-order chi connectivity index (χ0) is 28.4. The highest BCUT2D eigenvalue weighted by molar-refractivity contribution is 6.08. The van der Waals surface area contributed by atoms with E-state index in [0.29, 0.717) is 16.7 Å². The lowest BCUT2D eigenvalue weighted by molar-refractivity contribution is -0.384. The first-order valence-electron chi connectivity index (χ1n) is 13.1. The maximum Gasteiger partial charge on any atom is 0.326 e. The second-order valence-corrected chi connectivity index (χ2v) is 9.61. The third-order valence-corrected chi connectivity index (χ3v) is 7.59. The van der Waals surface area contributed by atoms with Crippen molar-refractivity contribution in [2.75, 3.05) is 13.2 Å². The molecule has 3 aromatic carbocycles. The fourth-order valence-corrected chi connectivity index (χ4v) is 6.02. The zero-order valence-electron chi connectivity index (χ0n) is 22.1. The maximum atomic E-state index is 14.3. The number of ether oxygens (including phenoxy) is 2. The normalized spacial score (nSPS) is 20.2. The van der Waals surface area contributed by atoms with Crippen molar-refractivity contribution in [3.05, 3.63) is 117 Å². The van der Waals surface area contributed by atoms with Crippen LogP contribution < -0.4 is 0 Å². The summed E-state index contributed by atoms with van der Waals surface area (Å²) in [5.41, 5.74) is 0.0973. The fraction of sp³-hybridized carbons (Fsp3) is 0.258. The molecule has 9 heteroatoms. The van der Waals surface area contributed by atoms with E-state index < -0.39 is 40.3 Å². The van der Waals surface area contributed by atoms with Gasteiger partial charge in [0.15, 0.2) is 11.2 Å². The lowest BCUT2D eigenvalue weighted by Crippen LogP contribution is -2.50. The number of benzene rings is 3. The van der Waals surface area contributed by atoms with Crippen LogP contribution in [0.4, 0.5) is 5.69 Å². The molecule has 40 heavy (non-hydrogen) atoms. The molecule has 3 unspecified atom stereocenters. The van der Waals surface area contributed by atoms with Gasteiger partial charge in [0.05, 0.1) is 24.2 Å². The first kappa shape index (κ1) is 26.8. The van der Waals surface area contributed by atoms with Gasteiger partial charge in [-0.2, -0.15) is 0 Å². The van der Waals surface area contributed by atoms with E-state index in [4.69, 9.17) is 9.47 Å². The number of esters is 2. The number of Topliss-reactive ketones (excluding diaryl/α,β-unsaturated/α-hetero) is 1. The Bertz CT molecular complexity index is 1470. The monoisotopic (exact) mass is 540 g/mol. The Morgan fingerprint density at radius 2 is 1.48 bits per heavy atom. The number of carbonyl (C=O) groups excluding carboxylic acids is 3. The van der Waals surface area contributed by atoms with Gasteiger partial charge >= 0.3 is 11.9 Å². The van der Waals surface area contributed by atoms with Crippen molar-refractivity contribution in [3.8, 4) is 0 Å². The molecule has 1 saturated heterocycles. The summed E-state index contributed by atoms with van der Waals surface area (Å²) in [7, 11) is 0. The van der Waals surface area contributed by atoms with Crippen LogP contribution in [0.25, 0.3) is 6.08 Å². The molecule has 5 rings (SSSR count). The Balaban J connectivity index is 1.85. The van der Waals surface area contributed by atoms with Gasteiger partial charge in [-0.05, 0) is 36.6 Å². The molecule has 0 spiro atoms. The van der Waals surface area contributed by atoms with E-state index in [-0.39, 0.29) is 24.7 Å². The molecular weight excluding hydrogens is 512 g/mol. The van der Waals surface area contributed by atoms with E-state index in [1.807, 2.05) is 30.3 Å². The average molecular weight is 541 g/mol. The van der Waals surface area contributed by atoms with Crippen molar-refractivity contribution in [2.24, 2.45) is 5.41 Å². The fourth-order valence-electron chi connectivity index (χ4n) is 6.02. The predicted molar refractivity (Wildman–Crippen MR) is 146 cm³/mol. The molecule has 2 aliphatic heterocycles. The SMILES string of the molecule is CCOC(=O)C1(C(=O)OCC)C(c2ccc([N+](=O)[O-])cc2)C(C(=O)c2ccccc2)N2C=Cc3ccccc3C21. The third kappa shape index (κ3) is 4.14. The van der Waals surface area contributed by atoms with Crippen LogP contribution in [-0.4, -0.2) is 46.8 Å². The van der Waals surface area contributed by atoms with E-state index in [1.54, 1.807) is 55.3 Å². The van der Waals surface area contributed by atoms with Crippen LogP contribution in [0.5, 0.6) is 0 Å². The second-order valence-electron chi connectivity index (χ2n) is 9.61. The molecule has 0 bridgehead atoms. The summed E-state index contributed by atoms with van der Waals surface area (Å²) < 4.78 is 11.2. The Kier molecular flexibility index (Phi) is 7.21. The van der Waals surface area contributed by atoms with Crippen LogP contribution in [0.2, 0.25) is 0 Å². The van der Waals surface area contributed by atoms with Crippen molar-refractivity contribution >= 4 is 29.5 Å². The first-order chi connectivity index (χ1) is 19.4. The summed E-state index contributed by atoms with van der Waals surface area (Å²) >= 11 is 0. The van der Waals surface area contributed by atoms with E-state index in [0.717, 1.165) is 5.56 Å². The predicted octanol–water partition coefficient (Wildman–Crippen LogP) is 5.08. The molecule has 9 nitrogen and oxygen atoms in total. The minimum atomic E-state index is -2.00. The van der Waals surface area contributed by atoms with E-state index >= 15 is 0 Å². The average Bonchev–Trinajstić information content (AvgIpc) is 3.30. The van der Waals surface area contributed by atoms with Crippen molar-refractivity contribution in [3.63, 3.8) is 0 Å². The number of fused-ring (bicyclic) bond motifs is 3. The van der Waals surface area contributed by atoms with Crippen LogP contribution in [0.15, 0.2) is 85.1 Å². The van der Waals surface area contributed by atoms with Gasteiger partial charge < -0.3 is 14.4 Å². The molecule has 0 radical (unpaired) electrons. The van der Waals surface area contributed by atoms with Crippen molar-refractivity contribution < 1.29 is 28.8 Å². The topological polar surface area (TPSA) is 116 Å². The Labute approximate surface area is 231 Å². The van der Waals surface area contributed by atoms with Gasteiger partial charge in [0.2, 0.25) is 0 Å². The van der Waals surface area contributed by atoms with Gasteiger partial charge in [-0.15, -0.1) is 0 Å². The molecule has 204 valence electrons. The summed E-state index contributed by atoms with van der Waals surface area (Å²) in [6.07, 6.45) is 3.58. The summed E-state index contributed by atoms with van der Waals surface area (Å²) in [4.78, 5) is 55.4. The minimum Gasteiger partial charge on any atom is -0.465 e. The third-order valence-electron chi connectivity index (χ3n) is 7.59. The number of ketones is 1. The highest BCUT2D eigenvalue weighted by Crippen LogP contribution is 2.61. The number of nitro groups is 1. The molecule has 2 heterocycles. The molecule has 1 fully saturated rings. The largest absolute Gasteiger partial charge is 0.465 e. The number of carbonyl (C=O) groups is 3. The lowest BCUT2D eigenvalue weighted by Gasteiger charge is -2.38. The standard InChI is InChI=1S/C31H28N2O7/c1-3-39-29(35)31(30(36)40-4-2)25(21-14-16-23(17-15-21)33(37)38)26(27(34)22-11-6-5-7-12-22)32-19-18-20-10-8-9-13-24(20)28(31)32/h5-19,25-26,28H,3-4H2,1-2H3. The quantitative estimate of drug-likeness (QED) is 0.128. The highest BCUT2D eigenvalue weighted by Gasteiger charge is 2.71. The Morgan fingerprint density at radius 1 is 0.875 bits per heavy atom. The van der Waals surface area contributed by atoms with Crippen molar-refractivity contribution in [2.45, 2.75) is 31.8 Å². The lowest BCUT2D eigenvalue weighted by atomic mass is 9.65. The molecular formula is C31H28N2O7. The smallest absolute Gasteiger partial charge is 0.326 e. The van der Waals surface area contributed by atoms with Gasteiger partial charge in [-0.1, -0.05) is 66.7 Å². The number of nitrogens with zero attached hydrogens (tertiary/aromatic N) is 2.